The molecule has 3 heteroatoms. The molecule has 2 aromatic carbocycles. The highest BCUT2D eigenvalue weighted by molar-refractivity contribution is 5.64. The number of hydrogen-bond donors (Lipinski definition) is 1. The Kier molecular flexibility index (Phi) is 5.09. The molecule has 22 heavy (non-hydrogen) atoms. The van der Waals surface area contributed by atoms with Crippen LogP contribution in [0.2, 0.25) is 0 Å². The average molecular weight is 297 g/mol. The van der Waals surface area contributed by atoms with Gasteiger partial charge in [0, 0.05) is 13.1 Å². The van der Waals surface area contributed by atoms with Gasteiger partial charge >= 0.3 is 0 Å². The Morgan fingerprint density at radius 2 is 1.45 bits per heavy atom. The van der Waals surface area contributed by atoms with E-state index in [4.69, 9.17) is 4.74 Å². The SMILES string of the molecule is Oc1ccc(-c2ccc(CCCN3CCOCC3)cc2)cc1. The maximum atomic E-state index is 9.34. The van der Waals surface area contributed by atoms with E-state index in [0.29, 0.717) is 5.75 Å². The van der Waals surface area contributed by atoms with Crippen molar-refractivity contribution in [3.63, 3.8) is 0 Å². The summed E-state index contributed by atoms with van der Waals surface area (Å²) in [6, 6.07) is 16.1. The lowest BCUT2D eigenvalue weighted by Gasteiger charge is -2.26. The van der Waals surface area contributed by atoms with Gasteiger partial charge in [0.1, 0.15) is 5.75 Å². The average Bonchev–Trinajstić information content (AvgIpc) is 2.57. The van der Waals surface area contributed by atoms with Gasteiger partial charge in [-0.1, -0.05) is 36.4 Å². The Morgan fingerprint density at radius 3 is 2.09 bits per heavy atom. The molecule has 0 atom stereocenters. The van der Waals surface area contributed by atoms with E-state index >= 15 is 0 Å². The summed E-state index contributed by atoms with van der Waals surface area (Å²) in [5, 5.41) is 9.34. The minimum absolute atomic E-state index is 0.309. The van der Waals surface area contributed by atoms with E-state index in [-0.39, 0.29) is 0 Å². The van der Waals surface area contributed by atoms with Crippen LogP contribution in [0.3, 0.4) is 0 Å². The standard InChI is InChI=1S/C19H23NO2/c21-19-9-7-18(8-10-19)17-5-3-16(4-6-17)2-1-11-20-12-14-22-15-13-20/h3-10,21H,1-2,11-15H2. The van der Waals surface area contributed by atoms with Gasteiger partial charge < -0.3 is 9.84 Å². The quantitative estimate of drug-likeness (QED) is 0.919. The minimum atomic E-state index is 0.309. The summed E-state index contributed by atoms with van der Waals surface area (Å²) >= 11 is 0. The lowest BCUT2D eigenvalue weighted by molar-refractivity contribution is 0.0375. The molecule has 2 aromatic rings. The highest BCUT2D eigenvalue weighted by Crippen LogP contribution is 2.22. The minimum Gasteiger partial charge on any atom is -0.508 e. The molecule has 1 fully saturated rings. The molecule has 3 nitrogen and oxygen atoms in total. The number of aryl methyl sites for hydroxylation is 1. The summed E-state index contributed by atoms with van der Waals surface area (Å²) in [5.74, 6) is 0.309. The van der Waals surface area contributed by atoms with Gasteiger partial charge in [0.2, 0.25) is 0 Å². The molecule has 0 aromatic heterocycles. The third kappa shape index (κ3) is 4.09. The van der Waals surface area contributed by atoms with Gasteiger partial charge in [0.05, 0.1) is 13.2 Å². The van der Waals surface area contributed by atoms with Crippen molar-refractivity contribution in [2.45, 2.75) is 12.8 Å². The monoisotopic (exact) mass is 297 g/mol. The van der Waals surface area contributed by atoms with Gasteiger partial charge in [-0.3, -0.25) is 4.90 Å². The van der Waals surface area contributed by atoms with Crippen molar-refractivity contribution in [1.82, 2.24) is 4.90 Å². The lowest BCUT2D eigenvalue weighted by Crippen LogP contribution is -2.36. The van der Waals surface area contributed by atoms with Gasteiger partial charge in [-0.2, -0.15) is 0 Å². The maximum Gasteiger partial charge on any atom is 0.115 e. The summed E-state index contributed by atoms with van der Waals surface area (Å²) < 4.78 is 5.37. The molecule has 3 rings (SSSR count). The van der Waals surface area contributed by atoms with Crippen molar-refractivity contribution in [3.8, 4) is 16.9 Å². The fraction of sp³-hybridized carbons (Fsp3) is 0.368. The highest BCUT2D eigenvalue weighted by atomic mass is 16.5. The molecule has 0 radical (unpaired) electrons. The van der Waals surface area contributed by atoms with Gasteiger partial charge in [0.15, 0.2) is 0 Å². The van der Waals surface area contributed by atoms with E-state index in [1.807, 2.05) is 12.1 Å². The molecule has 1 aliphatic rings. The van der Waals surface area contributed by atoms with Crippen molar-refractivity contribution >= 4 is 0 Å². The summed E-state index contributed by atoms with van der Waals surface area (Å²) in [6.45, 7) is 5.05. The number of benzene rings is 2. The number of ether oxygens (including phenoxy) is 1. The maximum absolute atomic E-state index is 9.34. The van der Waals surface area contributed by atoms with Crippen molar-refractivity contribution in [2.24, 2.45) is 0 Å². The number of phenols is 1. The molecule has 0 spiro atoms. The van der Waals surface area contributed by atoms with Crippen LogP contribution in [0.5, 0.6) is 5.75 Å². The topological polar surface area (TPSA) is 32.7 Å². The highest BCUT2D eigenvalue weighted by Gasteiger charge is 2.09. The molecule has 1 heterocycles. The molecule has 0 aliphatic carbocycles. The molecule has 1 saturated heterocycles. The Balaban J connectivity index is 1.51. The Labute approximate surface area is 132 Å². The zero-order chi connectivity index (χ0) is 15.2. The molecule has 0 unspecified atom stereocenters. The number of morpholine rings is 1. The molecule has 1 N–H and O–H groups in total. The number of aromatic hydroxyl groups is 1. The smallest absolute Gasteiger partial charge is 0.115 e. The molecule has 0 amide bonds. The first-order valence-corrected chi connectivity index (χ1v) is 8.00. The van der Waals surface area contributed by atoms with Crippen LogP contribution in [0, 0.1) is 0 Å². The molecule has 0 bridgehead atoms. The molecule has 116 valence electrons. The van der Waals surface area contributed by atoms with Crippen LogP contribution in [0.4, 0.5) is 0 Å². The number of rotatable bonds is 5. The number of phenolic OH excluding ortho intramolecular Hbond substituents is 1. The summed E-state index contributed by atoms with van der Waals surface area (Å²) in [7, 11) is 0. The fourth-order valence-corrected chi connectivity index (χ4v) is 2.85. The van der Waals surface area contributed by atoms with Crippen LogP contribution in [0.1, 0.15) is 12.0 Å². The Morgan fingerprint density at radius 1 is 0.864 bits per heavy atom. The second-order valence-corrected chi connectivity index (χ2v) is 5.80. The molecular weight excluding hydrogens is 274 g/mol. The Hall–Kier alpha value is -1.84. The van der Waals surface area contributed by atoms with Gasteiger partial charge in [-0.25, -0.2) is 0 Å². The number of nitrogens with zero attached hydrogens (tertiary/aromatic N) is 1. The molecule has 1 aliphatic heterocycles. The van der Waals surface area contributed by atoms with E-state index in [0.717, 1.165) is 44.8 Å². The first-order valence-electron chi connectivity index (χ1n) is 8.00. The predicted molar refractivity (Wildman–Crippen MR) is 89.1 cm³/mol. The second kappa shape index (κ2) is 7.43. The fourth-order valence-electron chi connectivity index (χ4n) is 2.85. The lowest BCUT2D eigenvalue weighted by atomic mass is 10.0. The summed E-state index contributed by atoms with van der Waals surface area (Å²) in [6.07, 6.45) is 2.31. The van der Waals surface area contributed by atoms with Crippen LogP contribution < -0.4 is 0 Å². The van der Waals surface area contributed by atoms with Crippen molar-refractivity contribution in [2.75, 3.05) is 32.8 Å². The summed E-state index contributed by atoms with van der Waals surface area (Å²) in [5.41, 5.74) is 3.71. The van der Waals surface area contributed by atoms with Crippen molar-refractivity contribution in [1.29, 1.82) is 0 Å². The largest absolute Gasteiger partial charge is 0.508 e. The second-order valence-electron chi connectivity index (χ2n) is 5.80. The predicted octanol–water partition coefficient (Wildman–Crippen LogP) is 3.32. The van der Waals surface area contributed by atoms with E-state index < -0.39 is 0 Å². The van der Waals surface area contributed by atoms with Crippen LogP contribution in [0.25, 0.3) is 11.1 Å². The first-order chi connectivity index (χ1) is 10.8. The summed E-state index contributed by atoms with van der Waals surface area (Å²) in [4.78, 5) is 2.48. The van der Waals surface area contributed by atoms with E-state index in [1.54, 1.807) is 12.1 Å². The van der Waals surface area contributed by atoms with Gasteiger partial charge in [0.25, 0.3) is 0 Å². The van der Waals surface area contributed by atoms with E-state index in [2.05, 4.69) is 29.2 Å². The van der Waals surface area contributed by atoms with Gasteiger partial charge in [-0.15, -0.1) is 0 Å². The van der Waals surface area contributed by atoms with E-state index in [1.165, 1.54) is 17.5 Å². The zero-order valence-electron chi connectivity index (χ0n) is 12.9. The van der Waals surface area contributed by atoms with Crippen LogP contribution in [-0.2, 0) is 11.2 Å². The van der Waals surface area contributed by atoms with Crippen molar-refractivity contribution < 1.29 is 9.84 Å². The third-order valence-corrected chi connectivity index (χ3v) is 4.20. The zero-order valence-corrected chi connectivity index (χ0v) is 12.9. The normalized spacial score (nSPS) is 15.8. The molecular formula is C19H23NO2. The van der Waals surface area contributed by atoms with E-state index in [9.17, 15) is 5.11 Å². The van der Waals surface area contributed by atoms with Crippen LogP contribution in [0.15, 0.2) is 48.5 Å². The first kappa shape index (κ1) is 15.1. The van der Waals surface area contributed by atoms with Gasteiger partial charge in [-0.05, 0) is 48.2 Å². The molecule has 0 saturated carbocycles. The number of hydrogen-bond acceptors (Lipinski definition) is 3. The third-order valence-electron chi connectivity index (χ3n) is 4.20. The van der Waals surface area contributed by atoms with Crippen molar-refractivity contribution in [3.05, 3.63) is 54.1 Å². The van der Waals surface area contributed by atoms with Crippen LogP contribution >= 0.6 is 0 Å². The Bertz CT molecular complexity index is 571. The van der Waals surface area contributed by atoms with Crippen LogP contribution in [-0.4, -0.2) is 42.9 Å².